The van der Waals surface area contributed by atoms with Crippen molar-refractivity contribution in [3.8, 4) is 0 Å². The molecule has 2 rings (SSSR count). The Morgan fingerprint density at radius 3 is 2.35 bits per heavy atom. The van der Waals surface area contributed by atoms with Crippen LogP contribution in [0.3, 0.4) is 0 Å². The summed E-state index contributed by atoms with van der Waals surface area (Å²) in [6, 6.07) is 2.96. The van der Waals surface area contributed by atoms with Crippen LogP contribution in [0.15, 0.2) is 6.07 Å². The third-order valence-corrected chi connectivity index (χ3v) is 5.24. The summed E-state index contributed by atoms with van der Waals surface area (Å²) in [5.74, 6) is 1.78. The molecule has 0 spiro atoms. The van der Waals surface area contributed by atoms with E-state index in [4.69, 9.17) is 0 Å². The molecule has 0 amide bonds. The molecule has 1 aliphatic rings. The van der Waals surface area contributed by atoms with E-state index in [-0.39, 0.29) is 0 Å². The minimum atomic E-state index is 0.576. The quantitative estimate of drug-likeness (QED) is 0.837. The molecule has 96 valence electrons. The van der Waals surface area contributed by atoms with Crippen LogP contribution in [-0.2, 0) is 0 Å². The van der Waals surface area contributed by atoms with E-state index in [0.29, 0.717) is 6.04 Å². The standard InChI is InChI=1S/C15H25NS/c1-10-5-7-13(8-6-10)15(16-4)14-9-11(2)17-12(14)3/h9-10,13,15-16H,5-8H2,1-4H3. The van der Waals surface area contributed by atoms with E-state index in [9.17, 15) is 0 Å². The summed E-state index contributed by atoms with van der Waals surface area (Å²) in [6.45, 7) is 6.88. The molecule has 0 bridgehead atoms. The summed E-state index contributed by atoms with van der Waals surface area (Å²) in [5, 5.41) is 3.56. The van der Waals surface area contributed by atoms with Crippen LogP contribution in [0.25, 0.3) is 0 Å². The van der Waals surface area contributed by atoms with Gasteiger partial charge in [0.25, 0.3) is 0 Å². The molecule has 1 aliphatic carbocycles. The smallest absolute Gasteiger partial charge is 0.0357 e. The maximum atomic E-state index is 3.56. The zero-order valence-corrected chi connectivity index (χ0v) is 12.4. The molecule has 1 aromatic heterocycles. The zero-order chi connectivity index (χ0) is 12.4. The molecule has 0 aliphatic heterocycles. The number of hydrogen-bond donors (Lipinski definition) is 1. The molecular weight excluding hydrogens is 226 g/mol. The Bertz CT molecular complexity index is 361. The highest BCUT2D eigenvalue weighted by atomic mass is 32.1. The summed E-state index contributed by atoms with van der Waals surface area (Å²) >= 11 is 1.94. The number of hydrogen-bond acceptors (Lipinski definition) is 2. The van der Waals surface area contributed by atoms with Gasteiger partial charge < -0.3 is 5.32 Å². The Morgan fingerprint density at radius 1 is 1.24 bits per heavy atom. The first-order valence-electron chi connectivity index (χ1n) is 6.86. The first-order chi connectivity index (χ1) is 8.11. The highest BCUT2D eigenvalue weighted by Crippen LogP contribution is 2.39. The molecule has 0 radical (unpaired) electrons. The number of nitrogens with one attached hydrogen (secondary N) is 1. The molecule has 1 N–H and O–H groups in total. The Balaban J connectivity index is 2.13. The average molecular weight is 251 g/mol. The van der Waals surface area contributed by atoms with Crippen LogP contribution in [0, 0.1) is 25.7 Å². The van der Waals surface area contributed by atoms with Gasteiger partial charge >= 0.3 is 0 Å². The number of rotatable bonds is 3. The van der Waals surface area contributed by atoms with Crippen LogP contribution < -0.4 is 5.32 Å². The van der Waals surface area contributed by atoms with Crippen molar-refractivity contribution in [2.24, 2.45) is 11.8 Å². The van der Waals surface area contributed by atoms with Crippen LogP contribution in [0.5, 0.6) is 0 Å². The summed E-state index contributed by atoms with van der Waals surface area (Å²) in [5.41, 5.74) is 1.55. The van der Waals surface area contributed by atoms with Gasteiger partial charge in [0.1, 0.15) is 0 Å². The molecule has 1 heterocycles. The normalized spacial score (nSPS) is 27.1. The lowest BCUT2D eigenvalue weighted by atomic mass is 9.77. The van der Waals surface area contributed by atoms with Gasteiger partial charge in [-0.1, -0.05) is 19.8 Å². The fraction of sp³-hybridized carbons (Fsp3) is 0.733. The van der Waals surface area contributed by atoms with E-state index in [2.05, 4.69) is 39.2 Å². The number of aryl methyl sites for hydroxylation is 2. The van der Waals surface area contributed by atoms with Crippen molar-refractivity contribution < 1.29 is 0 Å². The lowest BCUT2D eigenvalue weighted by Gasteiger charge is -2.32. The first-order valence-corrected chi connectivity index (χ1v) is 7.67. The second-order valence-electron chi connectivity index (χ2n) is 5.65. The second-order valence-corrected chi connectivity index (χ2v) is 7.12. The Kier molecular flexibility index (Phi) is 4.26. The van der Waals surface area contributed by atoms with Crippen molar-refractivity contribution in [1.82, 2.24) is 5.32 Å². The van der Waals surface area contributed by atoms with Crippen molar-refractivity contribution >= 4 is 11.3 Å². The molecule has 1 saturated carbocycles. The maximum Gasteiger partial charge on any atom is 0.0357 e. The monoisotopic (exact) mass is 251 g/mol. The van der Waals surface area contributed by atoms with Gasteiger partial charge in [-0.25, -0.2) is 0 Å². The van der Waals surface area contributed by atoms with Gasteiger partial charge in [-0.2, -0.15) is 0 Å². The Morgan fingerprint density at radius 2 is 1.88 bits per heavy atom. The minimum absolute atomic E-state index is 0.576. The van der Waals surface area contributed by atoms with Crippen LogP contribution in [0.2, 0.25) is 0 Å². The maximum absolute atomic E-state index is 3.56. The number of thiophene rings is 1. The van der Waals surface area contributed by atoms with Crippen LogP contribution in [0.4, 0.5) is 0 Å². The fourth-order valence-corrected chi connectivity index (χ4v) is 4.20. The highest BCUT2D eigenvalue weighted by Gasteiger charge is 2.27. The SMILES string of the molecule is CNC(c1cc(C)sc1C)C1CCC(C)CC1. The predicted octanol–water partition coefficient (Wildman–Crippen LogP) is 4.45. The second kappa shape index (κ2) is 5.53. The topological polar surface area (TPSA) is 12.0 Å². The Hall–Kier alpha value is -0.340. The largest absolute Gasteiger partial charge is 0.313 e. The summed E-state index contributed by atoms with van der Waals surface area (Å²) in [4.78, 5) is 2.95. The third kappa shape index (κ3) is 2.92. The predicted molar refractivity (Wildman–Crippen MR) is 76.7 cm³/mol. The first kappa shape index (κ1) is 13.1. The molecule has 1 atom stereocenters. The van der Waals surface area contributed by atoms with Gasteiger partial charge in [-0.15, -0.1) is 11.3 Å². The van der Waals surface area contributed by atoms with Crippen molar-refractivity contribution in [3.05, 3.63) is 21.4 Å². The fourth-order valence-electron chi connectivity index (χ4n) is 3.22. The van der Waals surface area contributed by atoms with E-state index in [1.165, 1.54) is 35.4 Å². The van der Waals surface area contributed by atoms with Crippen molar-refractivity contribution in [2.45, 2.75) is 52.5 Å². The minimum Gasteiger partial charge on any atom is -0.313 e. The lowest BCUT2D eigenvalue weighted by Crippen LogP contribution is -2.28. The summed E-state index contributed by atoms with van der Waals surface area (Å²) < 4.78 is 0. The van der Waals surface area contributed by atoms with Crippen LogP contribution >= 0.6 is 11.3 Å². The molecule has 17 heavy (non-hydrogen) atoms. The Labute approximate surface area is 110 Å². The van der Waals surface area contributed by atoms with Crippen molar-refractivity contribution in [2.75, 3.05) is 7.05 Å². The van der Waals surface area contributed by atoms with E-state index in [1.54, 1.807) is 5.56 Å². The van der Waals surface area contributed by atoms with Crippen LogP contribution in [0.1, 0.15) is 54.0 Å². The molecule has 0 aromatic carbocycles. The average Bonchev–Trinajstić information content (AvgIpc) is 2.62. The molecule has 1 nitrogen and oxygen atoms in total. The molecule has 2 heteroatoms. The van der Waals surface area contributed by atoms with Crippen molar-refractivity contribution in [1.29, 1.82) is 0 Å². The zero-order valence-electron chi connectivity index (χ0n) is 11.5. The highest BCUT2D eigenvalue weighted by molar-refractivity contribution is 7.12. The summed E-state index contributed by atoms with van der Waals surface area (Å²) in [7, 11) is 2.12. The van der Waals surface area contributed by atoms with E-state index >= 15 is 0 Å². The van der Waals surface area contributed by atoms with Gasteiger partial charge in [0, 0.05) is 15.8 Å². The van der Waals surface area contributed by atoms with Gasteiger partial charge in [0.05, 0.1) is 0 Å². The molecule has 1 aromatic rings. The van der Waals surface area contributed by atoms with Crippen molar-refractivity contribution in [3.63, 3.8) is 0 Å². The van der Waals surface area contributed by atoms with Gasteiger partial charge in [-0.3, -0.25) is 0 Å². The van der Waals surface area contributed by atoms with E-state index < -0.39 is 0 Å². The van der Waals surface area contributed by atoms with Crippen LogP contribution in [-0.4, -0.2) is 7.05 Å². The van der Waals surface area contributed by atoms with Gasteiger partial charge in [0.15, 0.2) is 0 Å². The molecule has 1 fully saturated rings. The molecular formula is C15H25NS. The molecule has 1 unspecified atom stereocenters. The van der Waals surface area contributed by atoms with Gasteiger partial charge in [0.2, 0.25) is 0 Å². The third-order valence-electron chi connectivity index (χ3n) is 4.26. The van der Waals surface area contributed by atoms with E-state index in [0.717, 1.165) is 11.8 Å². The summed E-state index contributed by atoms with van der Waals surface area (Å²) in [6.07, 6.45) is 5.60. The van der Waals surface area contributed by atoms with Gasteiger partial charge in [-0.05, 0) is 57.2 Å². The van der Waals surface area contributed by atoms with E-state index in [1.807, 2.05) is 11.3 Å². The lowest BCUT2D eigenvalue weighted by molar-refractivity contribution is 0.238. The molecule has 0 saturated heterocycles.